The first kappa shape index (κ1) is 30.6. The molecule has 0 spiro atoms. The largest absolute Gasteiger partial charge is 0.455 e. The van der Waals surface area contributed by atoms with Crippen molar-refractivity contribution in [3.8, 4) is 11.5 Å². The van der Waals surface area contributed by atoms with Crippen LogP contribution >= 0.6 is 11.6 Å². The molecule has 10 heteroatoms. The van der Waals surface area contributed by atoms with E-state index in [1.54, 1.807) is 36.5 Å². The standard InChI is InChI=1S/C22H20ClFN2O2.C8H15N3O/c1-3-13-11-16(23)20(12-17(13)24)28-19-6-9-25-18-5-4-14(10-15(18)19)21(27)26-22(2)7-8-22;1-8(2,3)11-5-7(4-9)10-6-12/h4-6,9-12H,3,7-8H2,1-2H3,(H,26,27);4-6H,9H2,1-3H3,(H,10,12)/b;7-4+,11-5?. The number of nitrogens with one attached hydrogen (secondary N) is 2. The van der Waals surface area contributed by atoms with E-state index in [4.69, 9.17) is 22.1 Å². The average molecular weight is 568 g/mol. The van der Waals surface area contributed by atoms with E-state index in [1.165, 1.54) is 18.5 Å². The van der Waals surface area contributed by atoms with E-state index < -0.39 is 0 Å². The number of aromatic nitrogens is 1. The van der Waals surface area contributed by atoms with Crippen molar-refractivity contribution in [3.63, 3.8) is 0 Å². The number of nitrogens with zero attached hydrogens (tertiary/aromatic N) is 2. The molecule has 0 radical (unpaired) electrons. The van der Waals surface area contributed by atoms with Gasteiger partial charge in [0, 0.05) is 41.2 Å². The van der Waals surface area contributed by atoms with Crippen LogP contribution in [0.25, 0.3) is 10.9 Å². The normalized spacial score (nSPS) is 14.3. The third-order valence-electron chi connectivity index (χ3n) is 6.08. The summed E-state index contributed by atoms with van der Waals surface area (Å²) in [5.74, 6) is 0.193. The highest BCUT2D eigenvalue weighted by Gasteiger charge is 2.38. The molecule has 3 aromatic rings. The average Bonchev–Trinajstić information content (AvgIpc) is 3.64. The Kier molecular flexibility index (Phi) is 9.87. The number of fused-ring (bicyclic) bond motifs is 1. The van der Waals surface area contributed by atoms with Gasteiger partial charge in [0.2, 0.25) is 6.41 Å². The number of amides is 2. The van der Waals surface area contributed by atoms with E-state index in [0.717, 1.165) is 12.8 Å². The maximum atomic E-state index is 14.2. The van der Waals surface area contributed by atoms with Crippen molar-refractivity contribution in [2.24, 2.45) is 10.7 Å². The summed E-state index contributed by atoms with van der Waals surface area (Å²) in [6.07, 6.45) is 7.51. The summed E-state index contributed by atoms with van der Waals surface area (Å²) in [7, 11) is 0. The predicted molar refractivity (Wildman–Crippen MR) is 157 cm³/mol. The number of pyridine rings is 1. The second-order valence-electron chi connectivity index (χ2n) is 10.7. The summed E-state index contributed by atoms with van der Waals surface area (Å²) in [5.41, 5.74) is 7.19. The molecule has 8 nitrogen and oxygen atoms in total. The number of hydrogen-bond acceptors (Lipinski definition) is 6. The van der Waals surface area contributed by atoms with Crippen molar-refractivity contribution in [1.82, 2.24) is 15.6 Å². The highest BCUT2D eigenvalue weighted by molar-refractivity contribution is 6.32. The molecular formula is C30H35ClFN5O3. The molecule has 0 bridgehead atoms. The highest BCUT2D eigenvalue weighted by Crippen LogP contribution is 2.36. The zero-order valence-electron chi connectivity index (χ0n) is 23.3. The van der Waals surface area contributed by atoms with Crippen molar-refractivity contribution in [1.29, 1.82) is 0 Å². The first-order chi connectivity index (χ1) is 18.9. The molecule has 0 unspecified atom stereocenters. The monoisotopic (exact) mass is 567 g/mol. The van der Waals surface area contributed by atoms with E-state index in [9.17, 15) is 14.0 Å². The topological polar surface area (TPSA) is 119 Å². The molecule has 40 heavy (non-hydrogen) atoms. The van der Waals surface area contributed by atoms with E-state index in [1.807, 2.05) is 34.6 Å². The second kappa shape index (κ2) is 12.9. The van der Waals surface area contributed by atoms with Gasteiger partial charge in [-0.1, -0.05) is 18.5 Å². The summed E-state index contributed by atoms with van der Waals surface area (Å²) >= 11 is 6.27. The third kappa shape index (κ3) is 8.51. The number of halogens is 2. The fourth-order valence-corrected chi connectivity index (χ4v) is 3.73. The number of aliphatic imine (C=N–C) groups is 1. The summed E-state index contributed by atoms with van der Waals surface area (Å²) in [6.45, 7) is 9.76. The van der Waals surface area contributed by atoms with Crippen molar-refractivity contribution in [2.75, 3.05) is 0 Å². The van der Waals surface area contributed by atoms with Crippen molar-refractivity contribution >= 4 is 41.0 Å². The third-order valence-corrected chi connectivity index (χ3v) is 6.37. The van der Waals surface area contributed by atoms with E-state index in [-0.39, 0.29) is 28.6 Å². The molecule has 4 N–H and O–H groups in total. The van der Waals surface area contributed by atoms with Gasteiger partial charge in [-0.15, -0.1) is 0 Å². The van der Waals surface area contributed by atoms with Gasteiger partial charge in [-0.05, 0) is 82.9 Å². The number of ether oxygens (including phenoxy) is 1. The van der Waals surface area contributed by atoms with Gasteiger partial charge in [-0.25, -0.2) is 4.39 Å². The molecular weight excluding hydrogens is 533 g/mol. The number of benzene rings is 2. The fourth-order valence-electron chi connectivity index (χ4n) is 3.51. The minimum absolute atomic E-state index is 0.105. The molecule has 2 aromatic carbocycles. The fraction of sp³-hybridized carbons (Fsp3) is 0.333. The van der Waals surface area contributed by atoms with Crippen LogP contribution in [0.2, 0.25) is 5.02 Å². The molecule has 2 amide bonds. The number of carbonyl (C=O) groups excluding carboxylic acids is 2. The van der Waals surface area contributed by atoms with Crippen LogP contribution < -0.4 is 21.1 Å². The van der Waals surface area contributed by atoms with Crippen LogP contribution in [0.3, 0.4) is 0 Å². The first-order valence-corrected chi connectivity index (χ1v) is 13.3. The first-order valence-electron chi connectivity index (χ1n) is 12.9. The minimum Gasteiger partial charge on any atom is -0.455 e. The van der Waals surface area contributed by atoms with Crippen molar-refractivity contribution in [3.05, 3.63) is 76.5 Å². The van der Waals surface area contributed by atoms with Gasteiger partial charge in [0.25, 0.3) is 5.91 Å². The molecule has 0 saturated heterocycles. The van der Waals surface area contributed by atoms with E-state index in [2.05, 4.69) is 20.6 Å². The zero-order valence-corrected chi connectivity index (χ0v) is 24.1. The lowest BCUT2D eigenvalue weighted by Crippen LogP contribution is -2.34. The molecule has 0 atom stereocenters. The van der Waals surface area contributed by atoms with Crippen LogP contribution in [-0.4, -0.2) is 34.6 Å². The Balaban J connectivity index is 0.000000312. The minimum atomic E-state index is -0.363. The van der Waals surface area contributed by atoms with Crippen LogP contribution in [0, 0.1) is 5.82 Å². The summed E-state index contributed by atoms with van der Waals surface area (Å²) in [4.78, 5) is 31.0. The van der Waals surface area contributed by atoms with Gasteiger partial charge in [0.1, 0.15) is 17.3 Å². The zero-order chi connectivity index (χ0) is 29.5. The molecule has 1 aromatic heterocycles. The number of rotatable bonds is 8. The number of carbonyl (C=O) groups is 2. The molecule has 0 aliphatic heterocycles. The van der Waals surface area contributed by atoms with Crippen LogP contribution in [0.1, 0.15) is 63.4 Å². The quantitative estimate of drug-likeness (QED) is 0.226. The Labute approximate surface area is 238 Å². The highest BCUT2D eigenvalue weighted by atomic mass is 35.5. The van der Waals surface area contributed by atoms with Gasteiger partial charge in [0.05, 0.1) is 21.8 Å². The van der Waals surface area contributed by atoms with Gasteiger partial charge in [0.15, 0.2) is 0 Å². The van der Waals surface area contributed by atoms with Gasteiger partial charge in [-0.3, -0.25) is 19.6 Å². The molecule has 1 aliphatic carbocycles. The van der Waals surface area contributed by atoms with Crippen molar-refractivity contribution in [2.45, 2.75) is 65.0 Å². The Bertz CT molecular complexity index is 1450. The van der Waals surface area contributed by atoms with Gasteiger partial charge < -0.3 is 21.1 Å². The predicted octanol–water partition coefficient (Wildman–Crippen LogP) is 6.07. The summed E-state index contributed by atoms with van der Waals surface area (Å²) in [6, 6.07) is 9.79. The maximum Gasteiger partial charge on any atom is 0.251 e. The Hall–Kier alpha value is -3.98. The number of allylic oxidation sites excluding steroid dienone is 1. The van der Waals surface area contributed by atoms with Crippen LogP contribution in [-0.2, 0) is 11.2 Å². The van der Waals surface area contributed by atoms with Crippen LogP contribution in [0.4, 0.5) is 4.39 Å². The molecule has 1 aliphatic rings. The lowest BCUT2D eigenvalue weighted by molar-refractivity contribution is -0.108. The SMILES string of the molecule is CC(C)(C)N=C/C(=C\N)NC=O.CCc1cc(Cl)c(Oc2ccnc3ccc(C(=O)NC4(C)CC4)cc23)cc1F. The number of aryl methyl sites for hydroxylation is 1. The molecule has 1 saturated carbocycles. The second-order valence-corrected chi connectivity index (χ2v) is 11.1. The van der Waals surface area contributed by atoms with Gasteiger partial charge >= 0.3 is 0 Å². The molecule has 212 valence electrons. The molecule has 1 heterocycles. The lowest BCUT2D eigenvalue weighted by Gasteiger charge is -2.14. The summed E-state index contributed by atoms with van der Waals surface area (Å²) < 4.78 is 20.1. The smallest absolute Gasteiger partial charge is 0.251 e. The molecule has 1 fully saturated rings. The maximum absolute atomic E-state index is 14.2. The lowest BCUT2D eigenvalue weighted by atomic mass is 10.1. The van der Waals surface area contributed by atoms with Crippen LogP contribution in [0.15, 0.2) is 59.5 Å². The van der Waals surface area contributed by atoms with Crippen molar-refractivity contribution < 1.29 is 18.7 Å². The van der Waals surface area contributed by atoms with Gasteiger partial charge in [-0.2, -0.15) is 0 Å². The Morgan fingerprint density at radius 3 is 2.55 bits per heavy atom. The number of hydrogen-bond donors (Lipinski definition) is 3. The summed E-state index contributed by atoms with van der Waals surface area (Å²) in [5, 5.41) is 6.44. The van der Waals surface area contributed by atoms with Crippen LogP contribution in [0.5, 0.6) is 11.5 Å². The molecule has 4 rings (SSSR count). The Morgan fingerprint density at radius 2 is 1.95 bits per heavy atom. The Morgan fingerprint density at radius 1 is 1.23 bits per heavy atom. The number of nitrogens with two attached hydrogens (primary N) is 1. The van der Waals surface area contributed by atoms with E-state index >= 15 is 0 Å². The van der Waals surface area contributed by atoms with E-state index in [0.29, 0.717) is 51.3 Å².